The van der Waals surface area contributed by atoms with Gasteiger partial charge in [0.15, 0.2) is 12.6 Å². The number of nitrogens with one attached hydrogen (secondary N) is 2. The molecule has 2 aromatic rings. The molecular formula is C20H25F3IN5O. The summed E-state index contributed by atoms with van der Waals surface area (Å²) in [5.41, 5.74) is 1.94. The van der Waals surface area contributed by atoms with Crippen LogP contribution in [0.2, 0.25) is 0 Å². The Kier molecular flexibility index (Phi) is 9.00. The number of nitrogens with zero attached hydrogens (tertiary/aromatic N) is 3. The zero-order valence-corrected chi connectivity index (χ0v) is 18.9. The highest BCUT2D eigenvalue weighted by Crippen LogP contribution is 2.20. The van der Waals surface area contributed by atoms with E-state index in [9.17, 15) is 13.2 Å². The first kappa shape index (κ1) is 24.0. The Balaban J connectivity index is 0.00000320. The summed E-state index contributed by atoms with van der Waals surface area (Å²) < 4.78 is 41.5. The molecule has 1 atom stereocenters. The van der Waals surface area contributed by atoms with E-state index in [0.29, 0.717) is 12.5 Å². The molecular weight excluding hydrogens is 510 g/mol. The van der Waals surface area contributed by atoms with Gasteiger partial charge in [0.25, 0.3) is 0 Å². The van der Waals surface area contributed by atoms with Crippen molar-refractivity contribution in [3.8, 4) is 5.88 Å². The first-order chi connectivity index (χ1) is 13.9. The van der Waals surface area contributed by atoms with Gasteiger partial charge >= 0.3 is 6.18 Å². The molecule has 1 aliphatic heterocycles. The van der Waals surface area contributed by atoms with E-state index in [0.717, 1.165) is 25.1 Å². The number of halogens is 4. The van der Waals surface area contributed by atoms with E-state index in [1.165, 1.54) is 18.0 Å². The second kappa shape index (κ2) is 11.2. The number of anilines is 1. The molecule has 0 amide bonds. The molecule has 2 N–H and O–H groups in total. The maximum Gasteiger partial charge on any atom is 0.422 e. The Morgan fingerprint density at radius 2 is 2.03 bits per heavy atom. The Bertz CT molecular complexity index is 820. The van der Waals surface area contributed by atoms with Crippen LogP contribution in [-0.2, 0) is 6.54 Å². The van der Waals surface area contributed by atoms with Crippen LogP contribution in [0.25, 0.3) is 0 Å². The molecule has 1 aromatic carbocycles. The van der Waals surface area contributed by atoms with E-state index in [2.05, 4.69) is 37.6 Å². The highest BCUT2D eigenvalue weighted by Gasteiger charge is 2.28. The zero-order valence-electron chi connectivity index (χ0n) is 16.5. The van der Waals surface area contributed by atoms with Gasteiger partial charge in [-0.15, -0.1) is 24.0 Å². The minimum absolute atomic E-state index is 0. The van der Waals surface area contributed by atoms with Crippen LogP contribution in [0, 0.1) is 0 Å². The van der Waals surface area contributed by atoms with Gasteiger partial charge in [-0.3, -0.25) is 4.99 Å². The van der Waals surface area contributed by atoms with E-state index in [4.69, 9.17) is 4.74 Å². The maximum atomic E-state index is 12.3. The lowest BCUT2D eigenvalue weighted by atomic mass is 10.2. The molecule has 6 nitrogen and oxygen atoms in total. The molecule has 0 bridgehead atoms. The van der Waals surface area contributed by atoms with Crippen molar-refractivity contribution in [2.45, 2.75) is 25.2 Å². The number of rotatable bonds is 6. The molecule has 30 heavy (non-hydrogen) atoms. The first-order valence-corrected chi connectivity index (χ1v) is 9.34. The monoisotopic (exact) mass is 535 g/mol. The van der Waals surface area contributed by atoms with Crippen molar-refractivity contribution in [1.29, 1.82) is 0 Å². The van der Waals surface area contributed by atoms with Crippen molar-refractivity contribution in [3.05, 3.63) is 54.2 Å². The van der Waals surface area contributed by atoms with Gasteiger partial charge in [0.1, 0.15) is 0 Å². The Labute approximate surface area is 190 Å². The van der Waals surface area contributed by atoms with Crippen LogP contribution in [-0.4, -0.2) is 49.9 Å². The summed E-state index contributed by atoms with van der Waals surface area (Å²) in [7, 11) is 1.68. The maximum absolute atomic E-state index is 12.3. The predicted octanol–water partition coefficient (Wildman–Crippen LogP) is 3.58. The van der Waals surface area contributed by atoms with E-state index in [1.807, 2.05) is 18.2 Å². The summed E-state index contributed by atoms with van der Waals surface area (Å²) >= 11 is 0. The van der Waals surface area contributed by atoms with Gasteiger partial charge in [0.05, 0.1) is 0 Å². The number of aromatic nitrogens is 1. The second-order valence-electron chi connectivity index (χ2n) is 6.74. The third-order valence-electron chi connectivity index (χ3n) is 4.52. The van der Waals surface area contributed by atoms with Crippen molar-refractivity contribution in [1.82, 2.24) is 15.6 Å². The standard InChI is InChI=1S/C20H24F3N5O.HI/c1-24-19(27-16-8-10-28(13-16)17-5-3-2-4-6-17)26-12-15-7-9-25-18(11-15)29-14-20(21,22)23;/h2-7,9,11,16H,8,10,12-14H2,1H3,(H2,24,26,27);1H. The summed E-state index contributed by atoms with van der Waals surface area (Å²) in [5.74, 6) is 0.582. The molecule has 1 fully saturated rings. The Morgan fingerprint density at radius 1 is 1.27 bits per heavy atom. The van der Waals surface area contributed by atoms with Crippen molar-refractivity contribution in [3.63, 3.8) is 0 Å². The number of benzene rings is 1. The number of hydrogen-bond donors (Lipinski definition) is 2. The smallest absolute Gasteiger partial charge is 0.422 e. The third-order valence-corrected chi connectivity index (χ3v) is 4.52. The van der Waals surface area contributed by atoms with E-state index in [1.54, 1.807) is 13.1 Å². The summed E-state index contributed by atoms with van der Waals surface area (Å²) in [6, 6.07) is 13.7. The summed E-state index contributed by atoms with van der Waals surface area (Å²) in [4.78, 5) is 10.4. The van der Waals surface area contributed by atoms with Gasteiger partial charge in [-0.25, -0.2) is 4.98 Å². The van der Waals surface area contributed by atoms with Crippen LogP contribution in [0.3, 0.4) is 0 Å². The van der Waals surface area contributed by atoms with Gasteiger partial charge in [-0.2, -0.15) is 13.2 Å². The fourth-order valence-electron chi connectivity index (χ4n) is 3.12. The quantitative estimate of drug-likeness (QED) is 0.337. The van der Waals surface area contributed by atoms with Gasteiger partial charge in [-0.1, -0.05) is 18.2 Å². The number of pyridine rings is 1. The van der Waals surface area contributed by atoms with Crippen LogP contribution in [0.5, 0.6) is 5.88 Å². The van der Waals surface area contributed by atoms with Gasteiger partial charge in [0.2, 0.25) is 5.88 Å². The third kappa shape index (κ3) is 7.54. The summed E-state index contributed by atoms with van der Waals surface area (Å²) in [6.07, 6.45) is -1.98. The normalized spacial score (nSPS) is 16.7. The second-order valence-corrected chi connectivity index (χ2v) is 6.74. The molecule has 1 aromatic heterocycles. The van der Waals surface area contributed by atoms with E-state index >= 15 is 0 Å². The molecule has 0 aliphatic carbocycles. The molecule has 10 heteroatoms. The lowest BCUT2D eigenvalue weighted by Gasteiger charge is -2.20. The Hall–Kier alpha value is -2.24. The highest BCUT2D eigenvalue weighted by molar-refractivity contribution is 14.0. The first-order valence-electron chi connectivity index (χ1n) is 9.34. The largest absolute Gasteiger partial charge is 0.468 e. The van der Waals surface area contributed by atoms with Crippen LogP contribution < -0.4 is 20.3 Å². The van der Waals surface area contributed by atoms with Crippen LogP contribution >= 0.6 is 24.0 Å². The number of ether oxygens (including phenoxy) is 1. The fraction of sp³-hybridized carbons (Fsp3) is 0.400. The lowest BCUT2D eigenvalue weighted by Crippen LogP contribution is -2.44. The number of para-hydroxylation sites is 1. The lowest BCUT2D eigenvalue weighted by molar-refractivity contribution is -0.154. The minimum atomic E-state index is -4.39. The zero-order chi connectivity index (χ0) is 20.7. The average molecular weight is 535 g/mol. The van der Waals surface area contributed by atoms with Gasteiger partial charge in [0, 0.05) is 50.7 Å². The van der Waals surface area contributed by atoms with Crippen LogP contribution in [0.4, 0.5) is 18.9 Å². The van der Waals surface area contributed by atoms with Gasteiger partial charge in [-0.05, 0) is 30.2 Å². The van der Waals surface area contributed by atoms with Crippen LogP contribution in [0.1, 0.15) is 12.0 Å². The summed E-state index contributed by atoms with van der Waals surface area (Å²) in [6.45, 7) is 0.859. The minimum Gasteiger partial charge on any atom is -0.468 e. The van der Waals surface area contributed by atoms with Crippen molar-refractivity contribution in [2.75, 3.05) is 31.6 Å². The molecule has 0 radical (unpaired) electrons. The molecule has 164 valence electrons. The number of hydrogen-bond acceptors (Lipinski definition) is 4. The molecule has 0 spiro atoms. The summed E-state index contributed by atoms with van der Waals surface area (Å²) in [5, 5.41) is 6.58. The Morgan fingerprint density at radius 3 is 2.73 bits per heavy atom. The molecule has 0 saturated carbocycles. The van der Waals surface area contributed by atoms with Gasteiger partial charge < -0.3 is 20.3 Å². The number of alkyl halides is 3. The molecule has 2 heterocycles. The fourth-order valence-corrected chi connectivity index (χ4v) is 3.12. The average Bonchev–Trinajstić information content (AvgIpc) is 3.18. The highest BCUT2D eigenvalue weighted by atomic mass is 127. The molecule has 3 rings (SSSR count). The predicted molar refractivity (Wildman–Crippen MR) is 122 cm³/mol. The van der Waals surface area contributed by atoms with Crippen molar-refractivity contribution >= 4 is 35.6 Å². The molecule has 1 aliphatic rings. The number of aliphatic imine (C=N–C) groups is 1. The van der Waals surface area contributed by atoms with E-state index in [-0.39, 0.29) is 35.9 Å². The van der Waals surface area contributed by atoms with Crippen LogP contribution in [0.15, 0.2) is 53.7 Å². The molecule has 1 unspecified atom stereocenters. The topological polar surface area (TPSA) is 61.8 Å². The SMILES string of the molecule is CN=C(NCc1ccnc(OCC(F)(F)F)c1)NC1CCN(c2ccccc2)C1.I. The van der Waals surface area contributed by atoms with Crippen molar-refractivity contribution < 1.29 is 17.9 Å². The molecule has 1 saturated heterocycles. The van der Waals surface area contributed by atoms with Crippen molar-refractivity contribution in [2.24, 2.45) is 4.99 Å². The van der Waals surface area contributed by atoms with E-state index < -0.39 is 12.8 Å². The number of guanidine groups is 1.